The van der Waals surface area contributed by atoms with E-state index in [2.05, 4.69) is 0 Å². The molecule has 4 nitrogen and oxygen atoms in total. The van der Waals surface area contributed by atoms with Crippen molar-refractivity contribution in [3.63, 3.8) is 0 Å². The zero-order valence-electron chi connectivity index (χ0n) is 11.2. The van der Waals surface area contributed by atoms with E-state index in [1.807, 2.05) is 6.07 Å². The van der Waals surface area contributed by atoms with Crippen molar-refractivity contribution in [1.29, 1.82) is 0 Å². The molecule has 1 aromatic heterocycles. The van der Waals surface area contributed by atoms with E-state index < -0.39 is 5.60 Å². The number of hydrogen-bond acceptors (Lipinski definition) is 4. The van der Waals surface area contributed by atoms with Gasteiger partial charge in [0.2, 0.25) is 0 Å². The molecule has 100 valence electrons. The molecule has 2 N–H and O–H groups in total. The summed E-state index contributed by atoms with van der Waals surface area (Å²) in [5, 5.41) is 21.0. The van der Waals surface area contributed by atoms with Gasteiger partial charge in [-0.1, -0.05) is 6.07 Å². The molecule has 2 aromatic rings. The number of phenols is 1. The number of aromatic hydroxyl groups is 1. The van der Waals surface area contributed by atoms with Crippen LogP contribution in [0.1, 0.15) is 47.7 Å². The van der Waals surface area contributed by atoms with Gasteiger partial charge in [0.05, 0.1) is 11.2 Å². The highest BCUT2D eigenvalue weighted by molar-refractivity contribution is 6.12. The Labute approximate surface area is 110 Å². The molecule has 1 aromatic carbocycles. The van der Waals surface area contributed by atoms with E-state index in [0.717, 1.165) is 5.56 Å². The number of phenolic OH excluding ortho intramolecular Hbond substituents is 1. The Kier molecular flexibility index (Phi) is 2.32. The van der Waals surface area contributed by atoms with Crippen molar-refractivity contribution in [3.05, 3.63) is 29.0 Å². The zero-order chi connectivity index (χ0) is 13.9. The number of Topliss-reactive ketones (excluding diaryl/α,β-unsaturated/α-hetero) is 1. The zero-order valence-corrected chi connectivity index (χ0v) is 11.2. The second kappa shape index (κ2) is 3.61. The number of rotatable bonds is 1. The predicted octanol–water partition coefficient (Wildman–Crippen LogP) is 2.89. The molecule has 0 saturated carbocycles. The van der Waals surface area contributed by atoms with Crippen LogP contribution < -0.4 is 0 Å². The molecule has 3 rings (SSSR count). The first-order valence-corrected chi connectivity index (χ1v) is 6.30. The third kappa shape index (κ3) is 1.60. The highest BCUT2D eigenvalue weighted by atomic mass is 16.3. The van der Waals surface area contributed by atoms with E-state index in [1.165, 1.54) is 6.26 Å². The summed E-state index contributed by atoms with van der Waals surface area (Å²) in [6.07, 6.45) is 1.66. The quantitative estimate of drug-likeness (QED) is 0.827. The highest BCUT2D eigenvalue weighted by Crippen LogP contribution is 2.46. The molecule has 0 unspecified atom stereocenters. The summed E-state index contributed by atoms with van der Waals surface area (Å²) < 4.78 is 5.35. The molecule has 1 aliphatic carbocycles. The summed E-state index contributed by atoms with van der Waals surface area (Å²) in [5.74, 6) is -0.275. The SMILES string of the molecule is Cc1cc2c3c(coc3c1O)C(=O)C[C@H]2C(C)(C)O. The minimum absolute atomic E-state index is 0.0540. The molecule has 0 radical (unpaired) electrons. The van der Waals surface area contributed by atoms with Gasteiger partial charge in [-0.2, -0.15) is 0 Å². The van der Waals surface area contributed by atoms with Crippen molar-refractivity contribution < 1.29 is 19.4 Å². The maximum Gasteiger partial charge on any atom is 0.176 e. The molecule has 0 aliphatic heterocycles. The predicted molar refractivity (Wildman–Crippen MR) is 70.6 cm³/mol. The maximum atomic E-state index is 12.1. The van der Waals surface area contributed by atoms with Gasteiger partial charge in [-0.3, -0.25) is 4.79 Å². The lowest BCUT2D eigenvalue weighted by molar-refractivity contribution is 0.0437. The average Bonchev–Trinajstić information content (AvgIpc) is 2.74. The van der Waals surface area contributed by atoms with Gasteiger partial charge in [-0.05, 0) is 31.9 Å². The maximum absolute atomic E-state index is 12.1. The van der Waals surface area contributed by atoms with Crippen LogP contribution in [-0.4, -0.2) is 21.6 Å². The van der Waals surface area contributed by atoms with Crippen molar-refractivity contribution in [2.45, 2.75) is 38.7 Å². The Morgan fingerprint density at radius 3 is 2.74 bits per heavy atom. The number of carbonyl (C=O) groups is 1. The number of benzene rings is 1. The fourth-order valence-electron chi connectivity index (χ4n) is 2.89. The monoisotopic (exact) mass is 260 g/mol. The molecule has 1 atom stereocenters. The molecular weight excluding hydrogens is 244 g/mol. The summed E-state index contributed by atoms with van der Waals surface area (Å²) in [7, 11) is 0. The molecule has 1 aliphatic rings. The van der Waals surface area contributed by atoms with Gasteiger partial charge in [0.25, 0.3) is 0 Å². The lowest BCUT2D eigenvalue weighted by Gasteiger charge is -2.32. The number of furan rings is 1. The van der Waals surface area contributed by atoms with Gasteiger partial charge in [0.1, 0.15) is 6.26 Å². The van der Waals surface area contributed by atoms with Crippen molar-refractivity contribution in [2.75, 3.05) is 0 Å². The first-order chi connectivity index (χ1) is 8.80. The number of hydrogen-bond donors (Lipinski definition) is 2. The van der Waals surface area contributed by atoms with Gasteiger partial charge in [0, 0.05) is 17.7 Å². The Hall–Kier alpha value is -1.81. The molecule has 19 heavy (non-hydrogen) atoms. The van der Waals surface area contributed by atoms with Crippen LogP contribution in [0, 0.1) is 6.92 Å². The van der Waals surface area contributed by atoms with Crippen LogP contribution in [-0.2, 0) is 0 Å². The lowest BCUT2D eigenvalue weighted by atomic mass is 9.74. The fourth-order valence-corrected chi connectivity index (χ4v) is 2.89. The number of aryl methyl sites for hydroxylation is 1. The molecule has 0 fully saturated rings. The van der Waals surface area contributed by atoms with Crippen molar-refractivity contribution >= 4 is 16.8 Å². The van der Waals surface area contributed by atoms with Gasteiger partial charge >= 0.3 is 0 Å². The molecule has 0 saturated heterocycles. The van der Waals surface area contributed by atoms with Crippen LogP contribution in [0.15, 0.2) is 16.7 Å². The van der Waals surface area contributed by atoms with E-state index in [9.17, 15) is 15.0 Å². The Morgan fingerprint density at radius 2 is 2.11 bits per heavy atom. The number of ketones is 1. The van der Waals surface area contributed by atoms with Crippen LogP contribution in [0.25, 0.3) is 11.0 Å². The summed E-state index contributed by atoms with van der Waals surface area (Å²) in [6.45, 7) is 5.18. The minimum Gasteiger partial charge on any atom is -0.504 e. The normalized spacial score (nSPS) is 19.2. The van der Waals surface area contributed by atoms with Gasteiger partial charge in [-0.15, -0.1) is 0 Å². The van der Waals surface area contributed by atoms with E-state index in [4.69, 9.17) is 4.42 Å². The van der Waals surface area contributed by atoms with Crippen molar-refractivity contribution in [3.8, 4) is 5.75 Å². The summed E-state index contributed by atoms with van der Waals surface area (Å²) in [5.41, 5.74) is 1.40. The molecule has 4 heteroatoms. The number of carbonyl (C=O) groups excluding carboxylic acids is 1. The topological polar surface area (TPSA) is 70.7 Å². The summed E-state index contributed by atoms with van der Waals surface area (Å²) >= 11 is 0. The first-order valence-electron chi connectivity index (χ1n) is 6.30. The molecule has 1 heterocycles. The van der Waals surface area contributed by atoms with Crippen LogP contribution >= 0.6 is 0 Å². The molecule has 0 amide bonds. The average molecular weight is 260 g/mol. The smallest absolute Gasteiger partial charge is 0.176 e. The Balaban J connectivity index is 2.41. The third-order valence-corrected chi connectivity index (χ3v) is 3.96. The van der Waals surface area contributed by atoms with Crippen LogP contribution in [0.5, 0.6) is 5.75 Å². The van der Waals surface area contributed by atoms with E-state index in [1.54, 1.807) is 20.8 Å². The molecule has 0 bridgehead atoms. The van der Waals surface area contributed by atoms with Crippen LogP contribution in [0.3, 0.4) is 0 Å². The minimum atomic E-state index is -0.999. The Bertz CT molecular complexity index is 688. The molecule has 0 spiro atoms. The van der Waals surface area contributed by atoms with Gasteiger partial charge < -0.3 is 14.6 Å². The summed E-state index contributed by atoms with van der Waals surface area (Å²) in [4.78, 5) is 12.1. The van der Waals surface area contributed by atoms with Gasteiger partial charge in [0.15, 0.2) is 17.1 Å². The van der Waals surface area contributed by atoms with E-state index in [-0.39, 0.29) is 23.9 Å². The van der Waals surface area contributed by atoms with Crippen LogP contribution in [0.4, 0.5) is 0 Å². The third-order valence-electron chi connectivity index (χ3n) is 3.96. The Morgan fingerprint density at radius 1 is 1.42 bits per heavy atom. The van der Waals surface area contributed by atoms with Crippen molar-refractivity contribution in [2.24, 2.45) is 0 Å². The second-order valence-electron chi connectivity index (χ2n) is 5.82. The lowest BCUT2D eigenvalue weighted by Crippen LogP contribution is -2.32. The first kappa shape index (κ1) is 12.2. The fraction of sp³-hybridized carbons (Fsp3) is 0.400. The second-order valence-corrected chi connectivity index (χ2v) is 5.82. The molecular formula is C15H16O4. The largest absolute Gasteiger partial charge is 0.504 e. The highest BCUT2D eigenvalue weighted by Gasteiger charge is 2.38. The summed E-state index contributed by atoms with van der Waals surface area (Å²) in [6, 6.07) is 1.84. The van der Waals surface area contributed by atoms with E-state index >= 15 is 0 Å². The van der Waals surface area contributed by atoms with Crippen LogP contribution in [0.2, 0.25) is 0 Å². The van der Waals surface area contributed by atoms with Crippen molar-refractivity contribution in [1.82, 2.24) is 0 Å². The van der Waals surface area contributed by atoms with Gasteiger partial charge in [-0.25, -0.2) is 0 Å². The number of aliphatic hydroxyl groups is 1. The standard InChI is InChI=1S/C15H16O4/c1-7-4-8-10(15(2,3)18)5-11(16)9-6-19-14(12(8)9)13(7)17/h4,6,10,17-18H,5H2,1-3H3/t10-/m1/s1. The van der Waals surface area contributed by atoms with E-state index in [0.29, 0.717) is 22.1 Å².